The highest BCUT2D eigenvalue weighted by atomic mass is 35.5. The molecule has 0 aromatic carbocycles. The van der Waals surface area contributed by atoms with E-state index in [9.17, 15) is 4.79 Å². The molecule has 1 amide bonds. The summed E-state index contributed by atoms with van der Waals surface area (Å²) in [4.78, 5) is 11.8. The second kappa shape index (κ2) is 7.98. The molecular formula is C12H24ClNO. The number of amides is 1. The van der Waals surface area contributed by atoms with Gasteiger partial charge in [0.1, 0.15) is 0 Å². The molecule has 0 saturated heterocycles. The van der Waals surface area contributed by atoms with E-state index >= 15 is 0 Å². The third kappa shape index (κ3) is 6.03. The Labute approximate surface area is 98.8 Å². The first-order chi connectivity index (χ1) is 7.02. The van der Waals surface area contributed by atoms with E-state index in [-0.39, 0.29) is 17.9 Å². The number of rotatable bonds is 7. The Bertz CT molecular complexity index is 182. The van der Waals surface area contributed by atoms with Crippen LogP contribution in [0.4, 0.5) is 0 Å². The Kier molecular flexibility index (Phi) is 7.85. The lowest BCUT2D eigenvalue weighted by atomic mass is 9.99. The van der Waals surface area contributed by atoms with E-state index in [1.54, 1.807) is 0 Å². The smallest absolute Gasteiger partial charge is 0.223 e. The fraction of sp³-hybridized carbons (Fsp3) is 0.917. The molecule has 0 radical (unpaired) electrons. The van der Waals surface area contributed by atoms with E-state index in [1.807, 2.05) is 6.92 Å². The lowest BCUT2D eigenvalue weighted by Gasteiger charge is -2.23. The van der Waals surface area contributed by atoms with E-state index in [1.165, 1.54) is 0 Å². The Morgan fingerprint density at radius 3 is 2.27 bits per heavy atom. The van der Waals surface area contributed by atoms with Gasteiger partial charge in [0, 0.05) is 17.8 Å². The maximum atomic E-state index is 11.8. The van der Waals surface area contributed by atoms with Crippen LogP contribution in [0.1, 0.15) is 47.0 Å². The molecule has 2 unspecified atom stereocenters. The molecule has 3 heteroatoms. The summed E-state index contributed by atoms with van der Waals surface area (Å²) in [6.45, 7) is 8.31. The monoisotopic (exact) mass is 233 g/mol. The average Bonchev–Trinajstić information content (AvgIpc) is 2.17. The first kappa shape index (κ1) is 14.8. The topological polar surface area (TPSA) is 29.1 Å². The summed E-state index contributed by atoms with van der Waals surface area (Å²) < 4.78 is 0. The quantitative estimate of drug-likeness (QED) is 0.673. The number of alkyl halides is 1. The van der Waals surface area contributed by atoms with E-state index in [4.69, 9.17) is 11.6 Å². The zero-order valence-corrected chi connectivity index (χ0v) is 11.1. The first-order valence-electron chi connectivity index (χ1n) is 5.89. The second-order valence-electron chi connectivity index (χ2n) is 4.53. The average molecular weight is 234 g/mol. The van der Waals surface area contributed by atoms with Gasteiger partial charge < -0.3 is 5.32 Å². The van der Waals surface area contributed by atoms with Gasteiger partial charge in [-0.25, -0.2) is 0 Å². The van der Waals surface area contributed by atoms with Crippen LogP contribution in [0.15, 0.2) is 0 Å². The number of hydrogen-bond donors (Lipinski definition) is 1. The van der Waals surface area contributed by atoms with Gasteiger partial charge in [-0.1, -0.05) is 34.1 Å². The van der Waals surface area contributed by atoms with Crippen LogP contribution in [-0.2, 0) is 4.79 Å². The molecule has 1 N–H and O–H groups in total. The number of halogens is 1. The summed E-state index contributed by atoms with van der Waals surface area (Å²) in [5.41, 5.74) is 0. The molecule has 0 fully saturated rings. The lowest BCUT2D eigenvalue weighted by molar-refractivity contribution is -0.125. The maximum absolute atomic E-state index is 11.8. The molecule has 0 aromatic rings. The van der Waals surface area contributed by atoms with Gasteiger partial charge in [0.25, 0.3) is 0 Å². The summed E-state index contributed by atoms with van der Waals surface area (Å²) in [7, 11) is 0. The third-order valence-electron chi connectivity index (χ3n) is 2.72. The number of carbonyl (C=O) groups is 1. The van der Waals surface area contributed by atoms with Crippen LogP contribution >= 0.6 is 11.6 Å². The molecule has 90 valence electrons. The SMILES string of the molecule is CCCC(C)C(=O)NC(CCCl)C(C)C. The minimum absolute atomic E-state index is 0.117. The highest BCUT2D eigenvalue weighted by Crippen LogP contribution is 2.10. The van der Waals surface area contributed by atoms with Gasteiger partial charge in [0.15, 0.2) is 0 Å². The van der Waals surface area contributed by atoms with Crippen LogP contribution in [0.25, 0.3) is 0 Å². The van der Waals surface area contributed by atoms with Gasteiger partial charge >= 0.3 is 0 Å². The van der Waals surface area contributed by atoms with Crippen LogP contribution in [0.5, 0.6) is 0 Å². The van der Waals surface area contributed by atoms with Gasteiger partial charge in [-0.2, -0.15) is 0 Å². The number of carbonyl (C=O) groups excluding carboxylic acids is 1. The molecule has 0 aliphatic rings. The van der Waals surface area contributed by atoms with Crippen LogP contribution < -0.4 is 5.32 Å². The molecule has 0 aromatic heterocycles. The molecule has 2 atom stereocenters. The Morgan fingerprint density at radius 2 is 1.87 bits per heavy atom. The summed E-state index contributed by atoms with van der Waals surface area (Å²) >= 11 is 5.71. The normalized spacial score (nSPS) is 15.1. The summed E-state index contributed by atoms with van der Waals surface area (Å²) in [6.07, 6.45) is 2.86. The van der Waals surface area contributed by atoms with Gasteiger partial charge in [-0.05, 0) is 18.8 Å². The van der Waals surface area contributed by atoms with Gasteiger partial charge in [0.05, 0.1) is 0 Å². The van der Waals surface area contributed by atoms with Crippen molar-refractivity contribution in [1.82, 2.24) is 5.32 Å². The molecule has 0 bridgehead atoms. The molecule has 0 aliphatic heterocycles. The molecule has 0 saturated carbocycles. The molecule has 15 heavy (non-hydrogen) atoms. The van der Waals surface area contributed by atoms with Crippen molar-refractivity contribution in [2.24, 2.45) is 11.8 Å². The molecule has 2 nitrogen and oxygen atoms in total. The maximum Gasteiger partial charge on any atom is 0.223 e. The van der Waals surface area contributed by atoms with Crippen LogP contribution in [0.2, 0.25) is 0 Å². The zero-order chi connectivity index (χ0) is 11.8. The summed E-state index contributed by atoms with van der Waals surface area (Å²) in [6, 6.07) is 0.217. The number of nitrogens with one attached hydrogen (secondary N) is 1. The van der Waals surface area contributed by atoms with E-state index < -0.39 is 0 Å². The van der Waals surface area contributed by atoms with Crippen LogP contribution in [0.3, 0.4) is 0 Å². The number of hydrogen-bond acceptors (Lipinski definition) is 1. The highest BCUT2D eigenvalue weighted by molar-refractivity contribution is 6.17. The van der Waals surface area contributed by atoms with Gasteiger partial charge in [0.2, 0.25) is 5.91 Å². The van der Waals surface area contributed by atoms with Crippen LogP contribution in [0, 0.1) is 11.8 Å². The predicted molar refractivity (Wildman–Crippen MR) is 66.2 cm³/mol. The minimum atomic E-state index is 0.117. The third-order valence-corrected chi connectivity index (χ3v) is 2.94. The van der Waals surface area contributed by atoms with Crippen molar-refractivity contribution < 1.29 is 4.79 Å². The van der Waals surface area contributed by atoms with Crippen molar-refractivity contribution in [3.05, 3.63) is 0 Å². The molecule has 0 aliphatic carbocycles. The molecule has 0 spiro atoms. The van der Waals surface area contributed by atoms with Crippen molar-refractivity contribution in [2.45, 2.75) is 53.0 Å². The fourth-order valence-corrected chi connectivity index (χ4v) is 1.81. The van der Waals surface area contributed by atoms with Crippen LogP contribution in [-0.4, -0.2) is 17.8 Å². The van der Waals surface area contributed by atoms with E-state index in [0.29, 0.717) is 11.8 Å². The van der Waals surface area contributed by atoms with E-state index in [0.717, 1.165) is 19.3 Å². The zero-order valence-electron chi connectivity index (χ0n) is 10.3. The molecule has 0 heterocycles. The largest absolute Gasteiger partial charge is 0.353 e. The Morgan fingerprint density at radius 1 is 1.27 bits per heavy atom. The minimum Gasteiger partial charge on any atom is -0.353 e. The van der Waals surface area contributed by atoms with Crippen molar-refractivity contribution in [1.29, 1.82) is 0 Å². The van der Waals surface area contributed by atoms with Gasteiger partial charge in [-0.15, -0.1) is 11.6 Å². The highest BCUT2D eigenvalue weighted by Gasteiger charge is 2.18. The predicted octanol–water partition coefficient (Wildman–Crippen LogP) is 3.19. The van der Waals surface area contributed by atoms with Crippen molar-refractivity contribution in [2.75, 3.05) is 5.88 Å². The Hall–Kier alpha value is -0.240. The van der Waals surface area contributed by atoms with Crippen molar-refractivity contribution >= 4 is 17.5 Å². The van der Waals surface area contributed by atoms with E-state index in [2.05, 4.69) is 26.1 Å². The van der Waals surface area contributed by atoms with Crippen molar-refractivity contribution in [3.63, 3.8) is 0 Å². The summed E-state index contributed by atoms with van der Waals surface area (Å²) in [5.74, 6) is 1.33. The van der Waals surface area contributed by atoms with Gasteiger partial charge in [-0.3, -0.25) is 4.79 Å². The lowest BCUT2D eigenvalue weighted by Crippen LogP contribution is -2.41. The molecular weight excluding hydrogens is 210 g/mol. The molecule has 0 rings (SSSR count). The standard InChI is InChI=1S/C12H24ClNO/c1-5-6-10(4)12(15)14-11(7-8-13)9(2)3/h9-11H,5-8H2,1-4H3,(H,14,15). The first-order valence-corrected chi connectivity index (χ1v) is 6.42. The second-order valence-corrected chi connectivity index (χ2v) is 4.90. The Balaban J connectivity index is 4.09. The fourth-order valence-electron chi connectivity index (χ4n) is 1.58. The summed E-state index contributed by atoms with van der Waals surface area (Å²) in [5, 5.41) is 3.08. The van der Waals surface area contributed by atoms with Crippen molar-refractivity contribution in [3.8, 4) is 0 Å².